The number of fused-ring (bicyclic) bond motifs is 15. The number of rotatable bonds is 0. The fourth-order valence-electron chi connectivity index (χ4n) is 6.46. The van der Waals surface area contributed by atoms with Crippen molar-refractivity contribution < 1.29 is 0 Å². The third kappa shape index (κ3) is 2.15. The van der Waals surface area contributed by atoms with Crippen LogP contribution in [0, 0.1) is 0 Å². The Kier molecular flexibility index (Phi) is 3.11. The van der Waals surface area contributed by atoms with Crippen molar-refractivity contribution >= 4 is 38.6 Å². The minimum atomic E-state index is 0.854. The maximum absolute atomic E-state index is 5.00. The molecule has 162 valence electrons. The van der Waals surface area contributed by atoms with Gasteiger partial charge in [-0.05, 0) is 99.8 Å². The first-order valence-electron chi connectivity index (χ1n) is 12.0. The molecule has 0 unspecified atom stereocenters. The summed E-state index contributed by atoms with van der Waals surface area (Å²) >= 11 is 0. The van der Waals surface area contributed by atoms with Gasteiger partial charge in [-0.2, -0.15) is 0 Å². The van der Waals surface area contributed by atoms with Crippen molar-refractivity contribution in [2.24, 2.45) is 0 Å². The largest absolute Gasteiger partial charge is 0.260 e. The van der Waals surface area contributed by atoms with Gasteiger partial charge in [-0.15, -0.1) is 0 Å². The number of imidazole rings is 1. The van der Waals surface area contributed by atoms with Gasteiger partial charge in [0.2, 0.25) is 0 Å². The standard InChI is InChI=1S/C31H18N4/c1-2-6-20-17(5-1)13-18-14-25-19(15-24(18)20)16-26-21(25)9-10-23-28(26)22-7-3-11-32-29(22)35-30(23)34-27-8-4-12-33-31(27)35/h1-12,14-15H,13,16H2. The molecule has 0 N–H and O–H groups in total. The summed E-state index contributed by atoms with van der Waals surface area (Å²) in [6.45, 7) is 0. The molecule has 0 saturated carbocycles. The highest BCUT2D eigenvalue weighted by Crippen LogP contribution is 2.47. The van der Waals surface area contributed by atoms with Crippen LogP contribution in [0.3, 0.4) is 0 Å². The van der Waals surface area contributed by atoms with Crippen molar-refractivity contribution in [3.05, 3.63) is 107 Å². The van der Waals surface area contributed by atoms with Gasteiger partial charge in [0.1, 0.15) is 16.8 Å². The molecule has 0 saturated heterocycles. The summed E-state index contributed by atoms with van der Waals surface area (Å²) in [4.78, 5) is 14.5. The van der Waals surface area contributed by atoms with E-state index in [9.17, 15) is 0 Å². The SMILES string of the molecule is c1ccc2c(c1)Cc1cc3c(cc1-2)Cc1c-3ccc2c1c1cccnc1n1c3ncccc3nc21. The van der Waals surface area contributed by atoms with Crippen LogP contribution >= 0.6 is 0 Å². The molecule has 7 aromatic rings. The first kappa shape index (κ1) is 17.8. The van der Waals surface area contributed by atoms with Crippen molar-refractivity contribution in [2.45, 2.75) is 12.8 Å². The first-order chi connectivity index (χ1) is 17.3. The number of benzene rings is 3. The second-order valence-corrected chi connectivity index (χ2v) is 9.68. The molecule has 9 rings (SSSR count). The highest BCUT2D eigenvalue weighted by molar-refractivity contribution is 6.16. The van der Waals surface area contributed by atoms with Crippen LogP contribution in [0.25, 0.3) is 60.9 Å². The van der Waals surface area contributed by atoms with Gasteiger partial charge >= 0.3 is 0 Å². The summed E-state index contributed by atoms with van der Waals surface area (Å²) in [5.41, 5.74) is 14.8. The lowest BCUT2D eigenvalue weighted by Crippen LogP contribution is -1.97. The maximum Gasteiger partial charge on any atom is 0.166 e. The third-order valence-corrected chi connectivity index (χ3v) is 7.91. The van der Waals surface area contributed by atoms with Gasteiger partial charge in [-0.3, -0.25) is 4.40 Å². The maximum atomic E-state index is 5.00. The van der Waals surface area contributed by atoms with Crippen LogP contribution in [0.4, 0.5) is 0 Å². The minimum Gasteiger partial charge on any atom is -0.260 e. The van der Waals surface area contributed by atoms with Crippen molar-refractivity contribution in [1.82, 2.24) is 19.4 Å². The Labute approximate surface area is 200 Å². The minimum absolute atomic E-state index is 0.854. The lowest BCUT2D eigenvalue weighted by atomic mass is 9.96. The molecule has 0 amide bonds. The summed E-state index contributed by atoms with van der Waals surface area (Å²) in [6.07, 6.45) is 5.63. The normalized spacial score (nSPS) is 13.5. The van der Waals surface area contributed by atoms with Gasteiger partial charge in [0, 0.05) is 28.6 Å². The molecule has 4 nitrogen and oxygen atoms in total. The Hall–Kier alpha value is -4.57. The molecular weight excluding hydrogens is 428 g/mol. The predicted octanol–water partition coefficient (Wildman–Crippen LogP) is 6.73. The van der Waals surface area contributed by atoms with E-state index in [4.69, 9.17) is 9.97 Å². The molecule has 2 aliphatic carbocycles. The average molecular weight is 447 g/mol. The zero-order valence-corrected chi connectivity index (χ0v) is 18.8. The summed E-state index contributed by atoms with van der Waals surface area (Å²) in [5, 5.41) is 3.58. The molecule has 4 heteroatoms. The monoisotopic (exact) mass is 446 g/mol. The zero-order chi connectivity index (χ0) is 22.7. The molecule has 2 aliphatic rings. The average Bonchev–Trinajstić information content (AvgIpc) is 3.58. The summed E-state index contributed by atoms with van der Waals surface area (Å²) < 4.78 is 2.12. The number of hydrogen-bond acceptors (Lipinski definition) is 3. The Bertz CT molecular complexity index is 2070. The van der Waals surface area contributed by atoms with E-state index < -0.39 is 0 Å². The van der Waals surface area contributed by atoms with E-state index in [2.05, 4.69) is 64.0 Å². The summed E-state index contributed by atoms with van der Waals surface area (Å²) in [5.74, 6) is 0. The van der Waals surface area contributed by atoms with Crippen LogP contribution in [0.5, 0.6) is 0 Å². The molecule has 4 heterocycles. The quantitative estimate of drug-likeness (QED) is 0.243. The molecular formula is C31H18N4. The number of nitrogens with zero attached hydrogens (tertiary/aromatic N) is 4. The first-order valence-corrected chi connectivity index (χ1v) is 12.0. The molecule has 4 aromatic heterocycles. The van der Waals surface area contributed by atoms with E-state index in [0.29, 0.717) is 0 Å². The molecule has 35 heavy (non-hydrogen) atoms. The molecule has 0 spiro atoms. The lowest BCUT2D eigenvalue weighted by Gasteiger charge is -2.12. The fraction of sp³-hybridized carbons (Fsp3) is 0.0645. The van der Waals surface area contributed by atoms with Crippen molar-refractivity contribution in [3.8, 4) is 22.3 Å². The lowest BCUT2D eigenvalue weighted by molar-refractivity contribution is 1.19. The van der Waals surface area contributed by atoms with Crippen LogP contribution in [0.15, 0.2) is 85.2 Å². The van der Waals surface area contributed by atoms with Gasteiger partial charge in [-0.25, -0.2) is 15.0 Å². The number of hydrogen-bond donors (Lipinski definition) is 0. The van der Waals surface area contributed by atoms with Crippen molar-refractivity contribution in [2.75, 3.05) is 0 Å². The zero-order valence-electron chi connectivity index (χ0n) is 18.8. The predicted molar refractivity (Wildman–Crippen MR) is 140 cm³/mol. The van der Waals surface area contributed by atoms with E-state index in [-0.39, 0.29) is 0 Å². The molecule has 0 atom stereocenters. The van der Waals surface area contributed by atoms with Gasteiger partial charge in [0.15, 0.2) is 5.65 Å². The van der Waals surface area contributed by atoms with Crippen LogP contribution in [0.2, 0.25) is 0 Å². The van der Waals surface area contributed by atoms with E-state index in [1.54, 1.807) is 0 Å². The second-order valence-electron chi connectivity index (χ2n) is 9.68. The van der Waals surface area contributed by atoms with Gasteiger partial charge in [0.25, 0.3) is 0 Å². The summed E-state index contributed by atoms with van der Waals surface area (Å²) in [7, 11) is 0. The molecule has 3 aromatic carbocycles. The number of pyridine rings is 3. The fourth-order valence-corrected chi connectivity index (χ4v) is 6.46. The highest BCUT2D eigenvalue weighted by atomic mass is 15.1. The van der Waals surface area contributed by atoms with Crippen LogP contribution in [-0.4, -0.2) is 19.4 Å². The number of aromatic nitrogens is 4. The van der Waals surface area contributed by atoms with Crippen molar-refractivity contribution in [3.63, 3.8) is 0 Å². The van der Waals surface area contributed by atoms with E-state index in [1.165, 1.54) is 49.9 Å². The summed E-state index contributed by atoms with van der Waals surface area (Å²) in [6, 6.07) is 26.4. The molecule has 0 fully saturated rings. The molecule has 0 radical (unpaired) electrons. The van der Waals surface area contributed by atoms with E-state index in [1.807, 2.05) is 30.6 Å². The molecule has 0 aliphatic heterocycles. The Balaban J connectivity index is 1.38. The van der Waals surface area contributed by atoms with E-state index in [0.717, 1.165) is 46.1 Å². The van der Waals surface area contributed by atoms with Crippen LogP contribution < -0.4 is 0 Å². The van der Waals surface area contributed by atoms with Crippen LogP contribution in [-0.2, 0) is 12.8 Å². The van der Waals surface area contributed by atoms with E-state index >= 15 is 0 Å². The Morgan fingerprint density at radius 1 is 0.571 bits per heavy atom. The smallest absolute Gasteiger partial charge is 0.166 e. The van der Waals surface area contributed by atoms with Gasteiger partial charge < -0.3 is 0 Å². The topological polar surface area (TPSA) is 43.1 Å². The Morgan fingerprint density at radius 2 is 1.34 bits per heavy atom. The third-order valence-electron chi connectivity index (χ3n) is 7.91. The van der Waals surface area contributed by atoms with Crippen LogP contribution in [0.1, 0.15) is 22.3 Å². The second kappa shape index (κ2) is 6.10. The molecule has 0 bridgehead atoms. The highest BCUT2D eigenvalue weighted by Gasteiger charge is 2.28. The van der Waals surface area contributed by atoms with Gasteiger partial charge in [-0.1, -0.05) is 30.3 Å². The van der Waals surface area contributed by atoms with Gasteiger partial charge in [0.05, 0.1) is 0 Å². The Morgan fingerprint density at radius 3 is 2.29 bits per heavy atom. The van der Waals surface area contributed by atoms with Crippen molar-refractivity contribution in [1.29, 1.82) is 0 Å².